The quantitative estimate of drug-likeness (QED) is 0.550. The first kappa shape index (κ1) is 16.6. The van der Waals surface area contributed by atoms with Crippen molar-refractivity contribution in [3.05, 3.63) is 66.8 Å². The minimum Gasteiger partial charge on any atom is -0.296 e. The molecule has 0 aliphatic carbocycles. The van der Waals surface area contributed by atoms with E-state index in [0.717, 1.165) is 0 Å². The van der Waals surface area contributed by atoms with Crippen molar-refractivity contribution < 1.29 is 9.18 Å². The predicted molar refractivity (Wildman–Crippen MR) is 93.0 cm³/mol. The van der Waals surface area contributed by atoms with Crippen LogP contribution in [-0.2, 0) is 0 Å². The van der Waals surface area contributed by atoms with Gasteiger partial charge in [0.15, 0.2) is 5.95 Å². The number of halogens is 2. The lowest BCUT2D eigenvalue weighted by molar-refractivity contribution is 0.0957. The van der Waals surface area contributed by atoms with Crippen LogP contribution in [0.2, 0.25) is 0 Å². The van der Waals surface area contributed by atoms with Crippen LogP contribution in [0.4, 0.5) is 10.1 Å². The van der Waals surface area contributed by atoms with Crippen LogP contribution < -0.4 is 10.9 Å². The minimum absolute atomic E-state index is 0. The number of hydrogen-bond donors (Lipinski definition) is 2. The van der Waals surface area contributed by atoms with Crippen molar-refractivity contribution in [3.8, 4) is 0 Å². The molecule has 0 saturated carbocycles. The highest BCUT2D eigenvalue weighted by atomic mass is 35.5. The Hall–Kier alpha value is -3.26. The van der Waals surface area contributed by atoms with Crippen molar-refractivity contribution in [1.29, 1.82) is 0 Å². The number of anilines is 1. The molecule has 0 saturated heterocycles. The molecule has 4 rings (SSSR count). The molecule has 0 unspecified atom stereocenters. The Kier molecular flexibility index (Phi) is 4.44. The zero-order valence-electron chi connectivity index (χ0n) is 12.7. The molecule has 3 heterocycles. The van der Waals surface area contributed by atoms with Crippen molar-refractivity contribution in [2.75, 3.05) is 5.43 Å². The molecule has 126 valence electrons. The van der Waals surface area contributed by atoms with Gasteiger partial charge < -0.3 is 0 Å². The van der Waals surface area contributed by atoms with Gasteiger partial charge in [-0.2, -0.15) is 4.39 Å². The maximum Gasteiger partial charge on any atom is 0.289 e. The van der Waals surface area contributed by atoms with Crippen LogP contribution in [0.5, 0.6) is 0 Å². The van der Waals surface area contributed by atoms with Gasteiger partial charge in [-0.15, -0.1) is 12.4 Å². The molecule has 0 radical (unpaired) electrons. The molecule has 4 aromatic rings. The number of amides is 1. The van der Waals surface area contributed by atoms with Crippen LogP contribution in [0, 0.1) is 5.95 Å². The molecular weight excluding hydrogens is 347 g/mol. The fraction of sp³-hybridized carbons (Fsp3) is 0. The molecule has 9 heteroatoms. The highest BCUT2D eigenvalue weighted by molar-refractivity contribution is 5.95. The van der Waals surface area contributed by atoms with Crippen molar-refractivity contribution in [2.24, 2.45) is 0 Å². The third-order valence-corrected chi connectivity index (χ3v) is 3.55. The molecule has 1 amide bonds. The van der Waals surface area contributed by atoms with E-state index in [4.69, 9.17) is 0 Å². The van der Waals surface area contributed by atoms with Crippen molar-refractivity contribution >= 4 is 40.6 Å². The summed E-state index contributed by atoms with van der Waals surface area (Å²) >= 11 is 0. The summed E-state index contributed by atoms with van der Waals surface area (Å²) in [5.41, 5.74) is 7.82. The molecule has 1 aromatic carbocycles. The molecule has 0 aliphatic heterocycles. The van der Waals surface area contributed by atoms with E-state index < -0.39 is 5.91 Å². The predicted octanol–water partition coefficient (Wildman–Crippen LogP) is 2.60. The van der Waals surface area contributed by atoms with Gasteiger partial charge >= 0.3 is 0 Å². The second-order valence-electron chi connectivity index (χ2n) is 5.02. The van der Waals surface area contributed by atoms with Gasteiger partial charge in [0.1, 0.15) is 11.2 Å². The highest BCUT2D eigenvalue weighted by Gasteiger charge is 2.11. The van der Waals surface area contributed by atoms with Crippen LogP contribution in [0.15, 0.2) is 55.1 Å². The Labute approximate surface area is 147 Å². The summed E-state index contributed by atoms with van der Waals surface area (Å²) in [4.78, 5) is 24.1. The van der Waals surface area contributed by atoms with Gasteiger partial charge in [0.2, 0.25) is 0 Å². The van der Waals surface area contributed by atoms with Crippen LogP contribution in [0.1, 0.15) is 10.5 Å². The number of para-hydroxylation sites is 1. The molecule has 25 heavy (non-hydrogen) atoms. The second-order valence-corrected chi connectivity index (χ2v) is 5.02. The summed E-state index contributed by atoms with van der Waals surface area (Å²) in [6.07, 6.45) is 5.84. The first-order chi connectivity index (χ1) is 11.7. The fourth-order valence-corrected chi connectivity index (χ4v) is 2.46. The number of benzene rings is 1. The fourth-order valence-electron chi connectivity index (χ4n) is 2.46. The first-order valence-corrected chi connectivity index (χ1v) is 7.11. The van der Waals surface area contributed by atoms with Crippen molar-refractivity contribution in [2.45, 2.75) is 0 Å². The van der Waals surface area contributed by atoms with Gasteiger partial charge in [-0.05, 0) is 24.3 Å². The average Bonchev–Trinajstić information content (AvgIpc) is 3.02. The smallest absolute Gasteiger partial charge is 0.289 e. The Bertz CT molecular complexity index is 1050. The number of nitrogens with zero attached hydrogens (tertiary/aromatic N) is 4. The summed E-state index contributed by atoms with van der Waals surface area (Å²) in [6.45, 7) is 0. The molecule has 0 fully saturated rings. The largest absolute Gasteiger partial charge is 0.296 e. The molecule has 0 atom stereocenters. The van der Waals surface area contributed by atoms with E-state index >= 15 is 0 Å². The van der Waals surface area contributed by atoms with E-state index in [2.05, 4.69) is 25.8 Å². The molecule has 7 nitrogen and oxygen atoms in total. The topological polar surface area (TPSA) is 84.2 Å². The second kappa shape index (κ2) is 6.70. The molecule has 0 bridgehead atoms. The Balaban J connectivity index is 0.00000182. The molecule has 2 N–H and O–H groups in total. The van der Waals surface area contributed by atoms with Crippen LogP contribution in [0.25, 0.3) is 16.6 Å². The summed E-state index contributed by atoms with van der Waals surface area (Å²) in [5.74, 6) is -0.813. The van der Waals surface area contributed by atoms with E-state index in [9.17, 15) is 9.18 Å². The van der Waals surface area contributed by atoms with Gasteiger partial charge in [-0.1, -0.05) is 6.07 Å². The van der Waals surface area contributed by atoms with E-state index in [1.54, 1.807) is 30.5 Å². The number of nitrogens with one attached hydrogen (secondary N) is 2. The number of hydrogen-bond acceptors (Lipinski definition) is 5. The number of carbonyl (C=O) groups excluding carboxylic acids is 1. The SMILES string of the molecule is Cl.O=C(NNc1cccc2c1ncc1ccc(F)n12)c1cnccn1. The first-order valence-electron chi connectivity index (χ1n) is 7.11. The van der Waals surface area contributed by atoms with Gasteiger partial charge in [0.05, 0.1) is 29.1 Å². The van der Waals surface area contributed by atoms with Crippen LogP contribution in [-0.4, -0.2) is 25.3 Å². The van der Waals surface area contributed by atoms with Gasteiger partial charge in [0, 0.05) is 12.4 Å². The maximum atomic E-state index is 14.0. The lowest BCUT2D eigenvalue weighted by Gasteiger charge is -2.11. The Morgan fingerprint density at radius 2 is 1.96 bits per heavy atom. The number of fused-ring (bicyclic) bond motifs is 3. The number of hydrazine groups is 1. The Morgan fingerprint density at radius 1 is 1.08 bits per heavy atom. The van der Waals surface area contributed by atoms with E-state index in [-0.39, 0.29) is 24.0 Å². The molecule has 0 aliphatic rings. The van der Waals surface area contributed by atoms with E-state index in [0.29, 0.717) is 22.2 Å². The Morgan fingerprint density at radius 3 is 2.76 bits per heavy atom. The zero-order valence-corrected chi connectivity index (χ0v) is 13.5. The standard InChI is InChI=1S/C16H11FN6O.ClH/c17-14-5-4-10-8-20-15-11(2-1-3-13(15)23(10)14)21-22-16(24)12-9-18-6-7-19-12;/h1-9,21H,(H,22,24);1H. The average molecular weight is 359 g/mol. The van der Waals surface area contributed by atoms with Crippen molar-refractivity contribution in [1.82, 2.24) is 24.8 Å². The zero-order chi connectivity index (χ0) is 16.5. The summed E-state index contributed by atoms with van der Waals surface area (Å²) < 4.78 is 15.4. The van der Waals surface area contributed by atoms with E-state index in [1.165, 1.54) is 29.1 Å². The summed E-state index contributed by atoms with van der Waals surface area (Å²) in [6, 6.07) is 8.28. The van der Waals surface area contributed by atoms with Crippen LogP contribution in [0.3, 0.4) is 0 Å². The summed E-state index contributed by atoms with van der Waals surface area (Å²) in [5, 5.41) is 0. The molecule has 0 spiro atoms. The van der Waals surface area contributed by atoms with Crippen LogP contribution >= 0.6 is 12.4 Å². The maximum absolute atomic E-state index is 14.0. The third kappa shape index (κ3) is 2.94. The highest BCUT2D eigenvalue weighted by Crippen LogP contribution is 2.23. The van der Waals surface area contributed by atoms with Crippen molar-refractivity contribution in [3.63, 3.8) is 0 Å². The number of carbonyl (C=O) groups is 1. The molecular formula is C16H12ClFN6O. The minimum atomic E-state index is -0.437. The van der Waals surface area contributed by atoms with Gasteiger partial charge in [-0.25, -0.2) is 4.98 Å². The monoisotopic (exact) mass is 358 g/mol. The number of rotatable bonds is 3. The van der Waals surface area contributed by atoms with E-state index in [1.807, 2.05) is 0 Å². The lowest BCUT2D eigenvalue weighted by Crippen LogP contribution is -2.30. The van der Waals surface area contributed by atoms with Gasteiger partial charge in [-0.3, -0.25) is 30.0 Å². The van der Waals surface area contributed by atoms with Gasteiger partial charge in [0.25, 0.3) is 5.91 Å². The lowest BCUT2D eigenvalue weighted by atomic mass is 10.2. The normalized spacial score (nSPS) is 10.4. The number of aromatic nitrogens is 4. The third-order valence-electron chi connectivity index (χ3n) is 3.55. The molecule has 3 aromatic heterocycles. The summed E-state index contributed by atoms with van der Waals surface area (Å²) in [7, 11) is 0.